The van der Waals surface area contributed by atoms with Gasteiger partial charge in [0, 0.05) is 18.6 Å². The summed E-state index contributed by atoms with van der Waals surface area (Å²) in [5, 5.41) is 0.0739. The Morgan fingerprint density at radius 1 is 1.05 bits per heavy atom. The van der Waals surface area contributed by atoms with Crippen molar-refractivity contribution in [3.05, 3.63) is 35.3 Å². The lowest BCUT2D eigenvalue weighted by Crippen LogP contribution is -2.08. The minimum absolute atomic E-state index is 0.0739. The molecule has 21 heavy (non-hydrogen) atoms. The van der Waals surface area contributed by atoms with E-state index in [0.717, 1.165) is 6.07 Å². The van der Waals surface area contributed by atoms with Gasteiger partial charge in [-0.1, -0.05) is 34.6 Å². The number of hydrogen-bond acceptors (Lipinski definition) is 0. The Balaban J connectivity index is 0.000000921. The SMILES string of the molecule is CC.CC.CCc1cn(C)c2ccc(C(F)(F)F)c(F)c12. The summed E-state index contributed by atoms with van der Waals surface area (Å²) in [6.07, 6.45) is -2.50. The number of aryl methyl sites for hydroxylation is 2. The van der Waals surface area contributed by atoms with E-state index in [2.05, 4.69) is 0 Å². The molecule has 0 saturated carbocycles. The van der Waals surface area contributed by atoms with Crippen molar-refractivity contribution in [1.29, 1.82) is 0 Å². The number of fused-ring (bicyclic) bond motifs is 1. The van der Waals surface area contributed by atoms with Crippen molar-refractivity contribution in [3.8, 4) is 0 Å². The van der Waals surface area contributed by atoms with Crippen molar-refractivity contribution in [3.63, 3.8) is 0 Å². The Labute approximate surface area is 123 Å². The van der Waals surface area contributed by atoms with Gasteiger partial charge < -0.3 is 4.57 Å². The summed E-state index contributed by atoms with van der Waals surface area (Å²) in [6, 6.07) is 2.09. The molecule has 0 bridgehead atoms. The maximum Gasteiger partial charge on any atom is 0.419 e. The quantitative estimate of drug-likeness (QED) is 0.574. The predicted molar refractivity (Wildman–Crippen MR) is 80.0 cm³/mol. The summed E-state index contributed by atoms with van der Waals surface area (Å²) in [7, 11) is 1.69. The Morgan fingerprint density at radius 3 is 2.00 bits per heavy atom. The number of halogens is 4. The monoisotopic (exact) mass is 305 g/mol. The van der Waals surface area contributed by atoms with Gasteiger partial charge in [0.05, 0.1) is 11.1 Å². The number of alkyl halides is 3. The van der Waals surface area contributed by atoms with Crippen LogP contribution < -0.4 is 0 Å². The highest BCUT2D eigenvalue weighted by atomic mass is 19.4. The topological polar surface area (TPSA) is 4.93 Å². The van der Waals surface area contributed by atoms with Crippen molar-refractivity contribution in [2.75, 3.05) is 0 Å². The first-order valence-corrected chi connectivity index (χ1v) is 7.19. The third-order valence-corrected chi connectivity index (χ3v) is 2.86. The van der Waals surface area contributed by atoms with Crippen LogP contribution in [0, 0.1) is 5.82 Å². The summed E-state index contributed by atoms with van der Waals surface area (Å²) >= 11 is 0. The lowest BCUT2D eigenvalue weighted by Gasteiger charge is -2.09. The van der Waals surface area contributed by atoms with Crippen LogP contribution in [0.2, 0.25) is 0 Å². The van der Waals surface area contributed by atoms with Crippen molar-refractivity contribution >= 4 is 10.9 Å². The summed E-state index contributed by atoms with van der Waals surface area (Å²) in [6.45, 7) is 9.79. The molecular weight excluding hydrogens is 282 g/mol. The standard InChI is InChI=1S/C12H11F4N.2C2H6/c1-3-7-6-17(2)9-5-4-8(12(14,15)16)11(13)10(7)9;2*1-2/h4-6H,3H2,1-2H3;2*1-2H3. The van der Waals surface area contributed by atoms with Gasteiger partial charge in [0.15, 0.2) is 0 Å². The molecule has 1 aromatic heterocycles. The summed E-state index contributed by atoms with van der Waals surface area (Å²) < 4.78 is 53.2. The molecule has 1 heterocycles. The molecule has 0 spiro atoms. The lowest BCUT2D eigenvalue weighted by atomic mass is 10.1. The molecule has 0 amide bonds. The van der Waals surface area contributed by atoms with Crippen LogP contribution in [-0.4, -0.2) is 4.57 Å². The van der Waals surface area contributed by atoms with Gasteiger partial charge in [0.25, 0.3) is 0 Å². The zero-order valence-corrected chi connectivity index (χ0v) is 13.4. The highest BCUT2D eigenvalue weighted by molar-refractivity contribution is 5.85. The largest absolute Gasteiger partial charge is 0.419 e. The minimum Gasteiger partial charge on any atom is -0.350 e. The van der Waals surface area contributed by atoms with E-state index in [-0.39, 0.29) is 5.39 Å². The van der Waals surface area contributed by atoms with Crippen molar-refractivity contribution in [2.24, 2.45) is 7.05 Å². The minimum atomic E-state index is -4.65. The van der Waals surface area contributed by atoms with Gasteiger partial charge in [-0.15, -0.1) is 0 Å². The molecule has 0 unspecified atom stereocenters. The van der Waals surface area contributed by atoms with E-state index < -0.39 is 17.6 Å². The maximum atomic E-state index is 13.9. The molecule has 1 nitrogen and oxygen atoms in total. The van der Waals surface area contributed by atoms with E-state index in [1.165, 1.54) is 6.07 Å². The molecule has 0 aliphatic rings. The molecule has 0 N–H and O–H groups in total. The Bertz CT molecular complexity index is 568. The summed E-state index contributed by atoms with van der Waals surface area (Å²) in [5.41, 5.74) is -0.135. The van der Waals surface area contributed by atoms with Crippen LogP contribution in [0.4, 0.5) is 17.6 Å². The van der Waals surface area contributed by atoms with E-state index in [4.69, 9.17) is 0 Å². The molecule has 5 heteroatoms. The molecule has 120 valence electrons. The molecule has 0 atom stereocenters. The third-order valence-electron chi connectivity index (χ3n) is 2.86. The molecule has 1 aromatic carbocycles. The molecule has 0 radical (unpaired) electrons. The number of benzene rings is 1. The first-order chi connectivity index (χ1) is 9.86. The van der Waals surface area contributed by atoms with Crippen LogP contribution >= 0.6 is 0 Å². The molecular formula is C16H23F4N. The van der Waals surface area contributed by atoms with E-state index in [1.807, 2.05) is 27.7 Å². The second-order valence-electron chi connectivity index (χ2n) is 3.94. The van der Waals surface area contributed by atoms with Crippen LogP contribution in [0.1, 0.15) is 45.7 Å². The van der Waals surface area contributed by atoms with Gasteiger partial charge >= 0.3 is 6.18 Å². The van der Waals surface area contributed by atoms with E-state index in [0.29, 0.717) is 17.5 Å². The number of nitrogens with zero attached hydrogens (tertiary/aromatic N) is 1. The van der Waals surface area contributed by atoms with Gasteiger partial charge in [-0.25, -0.2) is 4.39 Å². The third kappa shape index (κ3) is 3.99. The molecule has 0 aliphatic heterocycles. The molecule has 2 rings (SSSR count). The average molecular weight is 305 g/mol. The second kappa shape index (κ2) is 8.05. The van der Waals surface area contributed by atoms with Gasteiger partial charge in [-0.3, -0.25) is 0 Å². The van der Waals surface area contributed by atoms with E-state index >= 15 is 0 Å². The first kappa shape index (κ1) is 19.5. The fraction of sp³-hybridized carbons (Fsp3) is 0.500. The molecule has 0 aliphatic carbocycles. The number of hydrogen-bond donors (Lipinski definition) is 0. The van der Waals surface area contributed by atoms with Crippen molar-refractivity contribution in [1.82, 2.24) is 4.57 Å². The highest BCUT2D eigenvalue weighted by Crippen LogP contribution is 2.36. The smallest absolute Gasteiger partial charge is 0.350 e. The first-order valence-electron chi connectivity index (χ1n) is 7.19. The zero-order valence-electron chi connectivity index (χ0n) is 13.4. The van der Waals surface area contributed by atoms with Crippen molar-refractivity contribution in [2.45, 2.75) is 47.2 Å². The Hall–Kier alpha value is -1.52. The van der Waals surface area contributed by atoms with Gasteiger partial charge in [-0.05, 0) is 24.1 Å². The van der Waals surface area contributed by atoms with Crippen LogP contribution in [0.25, 0.3) is 10.9 Å². The lowest BCUT2D eigenvalue weighted by molar-refractivity contribution is -0.139. The van der Waals surface area contributed by atoms with Crippen LogP contribution in [0.5, 0.6) is 0 Å². The van der Waals surface area contributed by atoms with Crippen LogP contribution in [-0.2, 0) is 19.6 Å². The van der Waals surface area contributed by atoms with Gasteiger partial charge in [-0.2, -0.15) is 13.2 Å². The fourth-order valence-electron chi connectivity index (χ4n) is 2.02. The second-order valence-corrected chi connectivity index (χ2v) is 3.94. The van der Waals surface area contributed by atoms with Crippen molar-refractivity contribution < 1.29 is 17.6 Å². The zero-order chi connectivity index (χ0) is 16.8. The highest BCUT2D eigenvalue weighted by Gasteiger charge is 2.35. The van der Waals surface area contributed by atoms with Gasteiger partial charge in [0.2, 0.25) is 0 Å². The number of aromatic nitrogens is 1. The summed E-state index contributed by atoms with van der Waals surface area (Å²) in [4.78, 5) is 0. The average Bonchev–Trinajstić information content (AvgIpc) is 2.80. The normalized spacial score (nSPS) is 10.6. The predicted octanol–water partition coefficient (Wildman–Crippen LogP) is 5.95. The summed E-state index contributed by atoms with van der Waals surface area (Å²) in [5.74, 6) is -1.17. The Kier molecular flexibility index (Phi) is 7.47. The Morgan fingerprint density at radius 2 is 1.57 bits per heavy atom. The van der Waals surface area contributed by atoms with E-state index in [9.17, 15) is 17.6 Å². The fourth-order valence-corrected chi connectivity index (χ4v) is 2.02. The molecule has 2 aromatic rings. The maximum absolute atomic E-state index is 13.9. The van der Waals surface area contributed by atoms with Crippen LogP contribution in [0.15, 0.2) is 18.3 Å². The number of rotatable bonds is 1. The van der Waals surface area contributed by atoms with Crippen LogP contribution in [0.3, 0.4) is 0 Å². The van der Waals surface area contributed by atoms with Gasteiger partial charge in [0.1, 0.15) is 5.82 Å². The molecule has 0 saturated heterocycles. The molecule has 0 fully saturated rings. The van der Waals surface area contributed by atoms with E-state index in [1.54, 1.807) is 24.7 Å².